The quantitative estimate of drug-likeness (QED) is 0.657. The second kappa shape index (κ2) is 5.45. The summed E-state index contributed by atoms with van der Waals surface area (Å²) in [6.45, 7) is 0.454. The summed E-state index contributed by atoms with van der Waals surface area (Å²) < 4.78 is 6.05. The predicted molar refractivity (Wildman–Crippen MR) is 58.2 cm³/mol. The third-order valence-electron chi connectivity index (χ3n) is 1.48. The molecule has 0 amide bonds. The van der Waals surface area contributed by atoms with Gasteiger partial charge in [-0.3, -0.25) is 0 Å². The summed E-state index contributed by atoms with van der Waals surface area (Å²) in [7, 11) is 1.78. The molecule has 0 saturated carbocycles. The topological polar surface area (TPSA) is 47.0 Å². The van der Waals surface area contributed by atoms with Crippen LogP contribution in [0.1, 0.15) is 6.42 Å². The van der Waals surface area contributed by atoms with Crippen molar-refractivity contribution >= 4 is 21.7 Å². The van der Waals surface area contributed by atoms with Gasteiger partial charge in [0, 0.05) is 13.5 Å². The van der Waals surface area contributed by atoms with Crippen LogP contribution in [0.3, 0.4) is 0 Å². The zero-order valence-corrected chi connectivity index (χ0v) is 9.34. The highest BCUT2D eigenvalue weighted by Gasteiger charge is 2.07. The van der Waals surface area contributed by atoms with Gasteiger partial charge in [-0.1, -0.05) is 0 Å². The van der Waals surface area contributed by atoms with Gasteiger partial charge in [0.15, 0.2) is 0 Å². The predicted octanol–water partition coefficient (Wildman–Crippen LogP) is 1.68. The van der Waals surface area contributed by atoms with Crippen molar-refractivity contribution in [2.45, 2.75) is 6.42 Å². The Hall–Kier alpha value is -1.28. The molecule has 0 aromatic carbocycles. The van der Waals surface area contributed by atoms with E-state index in [1.165, 1.54) is 6.33 Å². The van der Waals surface area contributed by atoms with Gasteiger partial charge >= 0.3 is 0 Å². The van der Waals surface area contributed by atoms with Crippen LogP contribution in [0.5, 0.6) is 5.88 Å². The first-order valence-corrected chi connectivity index (χ1v) is 4.83. The van der Waals surface area contributed by atoms with Gasteiger partial charge in [-0.15, -0.1) is 12.3 Å². The van der Waals surface area contributed by atoms with Crippen LogP contribution in [0.15, 0.2) is 10.8 Å². The maximum Gasteiger partial charge on any atom is 0.233 e. The molecule has 0 saturated heterocycles. The number of hydrogen-bond acceptors (Lipinski definition) is 4. The minimum Gasteiger partial charge on any atom is -0.476 e. The molecule has 0 bridgehead atoms. The molecule has 0 aliphatic heterocycles. The van der Waals surface area contributed by atoms with E-state index in [2.05, 4.69) is 37.1 Å². The van der Waals surface area contributed by atoms with E-state index in [-0.39, 0.29) is 0 Å². The summed E-state index contributed by atoms with van der Waals surface area (Å²) in [5.41, 5.74) is 0. The number of nitrogens with zero attached hydrogens (tertiary/aromatic N) is 2. The van der Waals surface area contributed by atoms with Gasteiger partial charge < -0.3 is 10.1 Å². The van der Waals surface area contributed by atoms with Crippen LogP contribution in [-0.2, 0) is 0 Å². The second-order valence-corrected chi connectivity index (χ2v) is 3.19. The molecule has 1 aromatic rings. The molecular weight excluding hydrogens is 246 g/mol. The Labute approximate surface area is 91.2 Å². The summed E-state index contributed by atoms with van der Waals surface area (Å²) in [4.78, 5) is 7.97. The van der Waals surface area contributed by atoms with Crippen molar-refractivity contribution < 1.29 is 4.74 Å². The Morgan fingerprint density at radius 1 is 1.64 bits per heavy atom. The summed E-state index contributed by atoms with van der Waals surface area (Å²) >= 11 is 3.33. The van der Waals surface area contributed by atoms with E-state index < -0.39 is 0 Å². The maximum absolute atomic E-state index is 5.34. The highest BCUT2D eigenvalue weighted by molar-refractivity contribution is 9.10. The number of anilines is 1. The number of ether oxygens (including phenoxy) is 1. The lowest BCUT2D eigenvalue weighted by molar-refractivity contribution is 0.312. The molecule has 0 aliphatic rings. The van der Waals surface area contributed by atoms with Gasteiger partial charge in [0.2, 0.25) is 5.88 Å². The number of terminal acetylenes is 1. The number of nitrogens with one attached hydrogen (secondary N) is 1. The van der Waals surface area contributed by atoms with Gasteiger partial charge in [0.05, 0.1) is 0 Å². The van der Waals surface area contributed by atoms with Gasteiger partial charge in [0.1, 0.15) is 23.2 Å². The summed E-state index contributed by atoms with van der Waals surface area (Å²) in [6.07, 6.45) is 7.09. The molecule has 4 nitrogen and oxygen atoms in total. The Kier molecular flexibility index (Phi) is 4.20. The first kappa shape index (κ1) is 10.8. The molecule has 1 heterocycles. The SMILES string of the molecule is C#CCCOc1ncnc(NC)c1Br. The van der Waals surface area contributed by atoms with Gasteiger partial charge in [-0.25, -0.2) is 9.97 Å². The molecular formula is C9H10BrN3O. The molecule has 0 radical (unpaired) electrons. The van der Waals surface area contributed by atoms with E-state index in [0.29, 0.717) is 29.2 Å². The zero-order chi connectivity index (χ0) is 10.4. The van der Waals surface area contributed by atoms with E-state index >= 15 is 0 Å². The number of rotatable bonds is 4. The van der Waals surface area contributed by atoms with Crippen LogP contribution in [0.2, 0.25) is 0 Å². The first-order valence-electron chi connectivity index (χ1n) is 4.04. The Balaban J connectivity index is 2.72. The van der Waals surface area contributed by atoms with Crippen LogP contribution in [0, 0.1) is 12.3 Å². The van der Waals surface area contributed by atoms with Crippen molar-refractivity contribution in [1.29, 1.82) is 0 Å². The molecule has 1 aromatic heterocycles. The van der Waals surface area contributed by atoms with Gasteiger partial charge in [-0.2, -0.15) is 0 Å². The fraction of sp³-hybridized carbons (Fsp3) is 0.333. The van der Waals surface area contributed by atoms with Crippen LogP contribution in [0.4, 0.5) is 5.82 Å². The molecule has 0 atom stereocenters. The number of hydrogen-bond donors (Lipinski definition) is 1. The fourth-order valence-electron chi connectivity index (χ4n) is 0.835. The monoisotopic (exact) mass is 255 g/mol. The molecule has 1 N–H and O–H groups in total. The van der Waals surface area contributed by atoms with Gasteiger partial charge in [0.25, 0.3) is 0 Å². The van der Waals surface area contributed by atoms with Crippen LogP contribution < -0.4 is 10.1 Å². The summed E-state index contributed by atoms with van der Waals surface area (Å²) in [6, 6.07) is 0. The number of aromatic nitrogens is 2. The zero-order valence-electron chi connectivity index (χ0n) is 7.75. The molecule has 0 spiro atoms. The van der Waals surface area contributed by atoms with E-state index in [0.717, 1.165) is 0 Å². The van der Waals surface area contributed by atoms with Crippen molar-refractivity contribution in [3.8, 4) is 18.2 Å². The lowest BCUT2D eigenvalue weighted by atomic mass is 10.5. The minimum atomic E-state index is 0.454. The first-order chi connectivity index (χ1) is 6.79. The fourth-order valence-corrected chi connectivity index (χ4v) is 1.35. The van der Waals surface area contributed by atoms with Gasteiger partial charge in [-0.05, 0) is 15.9 Å². The van der Waals surface area contributed by atoms with Crippen molar-refractivity contribution in [3.05, 3.63) is 10.8 Å². The Morgan fingerprint density at radius 3 is 3.07 bits per heavy atom. The highest BCUT2D eigenvalue weighted by Crippen LogP contribution is 2.27. The molecule has 14 heavy (non-hydrogen) atoms. The van der Waals surface area contributed by atoms with E-state index in [9.17, 15) is 0 Å². The average Bonchev–Trinajstić information content (AvgIpc) is 2.21. The number of halogens is 1. The lowest BCUT2D eigenvalue weighted by Crippen LogP contribution is -2.02. The average molecular weight is 256 g/mol. The smallest absolute Gasteiger partial charge is 0.233 e. The van der Waals surface area contributed by atoms with E-state index in [1.54, 1.807) is 7.05 Å². The highest BCUT2D eigenvalue weighted by atomic mass is 79.9. The molecule has 0 fully saturated rings. The summed E-state index contributed by atoms with van der Waals surface area (Å²) in [5.74, 6) is 3.68. The largest absolute Gasteiger partial charge is 0.476 e. The lowest BCUT2D eigenvalue weighted by Gasteiger charge is -2.07. The maximum atomic E-state index is 5.34. The van der Waals surface area contributed by atoms with Crippen molar-refractivity contribution in [2.24, 2.45) is 0 Å². The Morgan fingerprint density at radius 2 is 2.43 bits per heavy atom. The standard InChI is InChI=1S/C9H10BrN3O/c1-3-4-5-14-9-7(10)8(11-2)12-6-13-9/h1,6H,4-5H2,2H3,(H,11,12,13). The minimum absolute atomic E-state index is 0.454. The van der Waals surface area contributed by atoms with Crippen LogP contribution >= 0.6 is 15.9 Å². The Bertz CT molecular complexity index is 348. The van der Waals surface area contributed by atoms with Crippen LogP contribution in [0.25, 0.3) is 0 Å². The second-order valence-electron chi connectivity index (χ2n) is 2.39. The summed E-state index contributed by atoms with van der Waals surface area (Å²) in [5, 5.41) is 2.91. The molecule has 0 aliphatic carbocycles. The molecule has 0 unspecified atom stereocenters. The normalized spacial score (nSPS) is 9.21. The van der Waals surface area contributed by atoms with Crippen LogP contribution in [-0.4, -0.2) is 23.6 Å². The molecule has 74 valence electrons. The molecule has 1 rings (SSSR count). The van der Waals surface area contributed by atoms with E-state index in [4.69, 9.17) is 11.2 Å². The van der Waals surface area contributed by atoms with E-state index in [1.807, 2.05) is 0 Å². The van der Waals surface area contributed by atoms with Crippen molar-refractivity contribution in [2.75, 3.05) is 19.0 Å². The van der Waals surface area contributed by atoms with Crippen molar-refractivity contribution in [3.63, 3.8) is 0 Å². The van der Waals surface area contributed by atoms with Crippen molar-refractivity contribution in [1.82, 2.24) is 9.97 Å². The third kappa shape index (κ3) is 2.60. The third-order valence-corrected chi connectivity index (χ3v) is 2.19. The molecule has 5 heteroatoms.